The Morgan fingerprint density at radius 3 is 1.79 bits per heavy atom. The topological polar surface area (TPSA) is 55.8 Å². The zero-order valence-corrected chi connectivity index (χ0v) is 15.6. The minimum Gasteiger partial charge on any atom is -0.501 e. The van der Waals surface area contributed by atoms with Gasteiger partial charge in [0, 0.05) is 18.5 Å². The molecule has 0 aliphatic heterocycles. The lowest BCUT2D eigenvalue weighted by Crippen LogP contribution is -2.38. The van der Waals surface area contributed by atoms with Crippen molar-refractivity contribution in [2.24, 2.45) is 10.8 Å². The molecule has 24 heavy (non-hydrogen) atoms. The predicted octanol–water partition coefficient (Wildman–Crippen LogP) is 3.75. The number of rotatable bonds is 5. The number of alkyl halides is 3. The van der Waals surface area contributed by atoms with Crippen molar-refractivity contribution in [2.45, 2.75) is 47.7 Å². The second kappa shape index (κ2) is 9.66. The van der Waals surface area contributed by atoms with E-state index in [9.17, 15) is 22.8 Å². The Balaban J connectivity index is 0. The van der Waals surface area contributed by atoms with Gasteiger partial charge >= 0.3 is 6.18 Å². The summed E-state index contributed by atoms with van der Waals surface area (Å²) in [7, 11) is 3.08. The fourth-order valence-corrected chi connectivity index (χ4v) is 1.11. The maximum atomic E-state index is 12.3. The van der Waals surface area contributed by atoms with Crippen LogP contribution in [0.2, 0.25) is 0 Å². The fourth-order valence-electron chi connectivity index (χ4n) is 1.11. The number of halogens is 3. The van der Waals surface area contributed by atoms with E-state index in [0.29, 0.717) is 6.61 Å². The van der Waals surface area contributed by atoms with E-state index in [1.807, 2.05) is 20.8 Å². The van der Waals surface area contributed by atoms with Crippen LogP contribution < -0.4 is 0 Å². The Hall–Kier alpha value is -1.57. The molecular formula is C16H28F3NO4. The van der Waals surface area contributed by atoms with Crippen LogP contribution >= 0.6 is 0 Å². The molecule has 0 heterocycles. The third-order valence-corrected chi connectivity index (χ3v) is 3.01. The SMILES string of the molecule is CCO/C=C\C(=O)C(C)(C)C(F)(F)F.CON(C)C(=O)C(C)(C)C. The summed E-state index contributed by atoms with van der Waals surface area (Å²) in [6.45, 7) is 9.22. The van der Waals surface area contributed by atoms with E-state index in [4.69, 9.17) is 4.84 Å². The van der Waals surface area contributed by atoms with E-state index in [1.165, 1.54) is 12.2 Å². The van der Waals surface area contributed by atoms with Crippen molar-refractivity contribution in [1.29, 1.82) is 0 Å². The van der Waals surface area contributed by atoms with Crippen molar-refractivity contribution in [2.75, 3.05) is 20.8 Å². The average Bonchev–Trinajstić information content (AvgIpc) is 2.44. The molecule has 0 saturated carbocycles. The summed E-state index contributed by atoms with van der Waals surface area (Å²) in [5.74, 6) is -1.03. The first-order valence-electron chi connectivity index (χ1n) is 7.34. The van der Waals surface area contributed by atoms with Crippen LogP contribution in [0.5, 0.6) is 0 Å². The first-order valence-corrected chi connectivity index (χ1v) is 7.34. The summed E-state index contributed by atoms with van der Waals surface area (Å²) in [5.41, 5.74) is -2.72. The van der Waals surface area contributed by atoms with Gasteiger partial charge in [-0.2, -0.15) is 13.2 Å². The molecule has 0 aliphatic rings. The molecule has 0 aromatic rings. The zero-order valence-electron chi connectivity index (χ0n) is 15.6. The highest BCUT2D eigenvalue weighted by atomic mass is 19.4. The molecule has 0 radical (unpaired) electrons. The number of hydrogen-bond acceptors (Lipinski definition) is 4. The molecule has 1 amide bonds. The molecule has 0 aromatic carbocycles. The molecule has 0 atom stereocenters. The molecule has 0 aliphatic carbocycles. The molecule has 0 bridgehead atoms. The normalized spacial score (nSPS) is 12.5. The van der Waals surface area contributed by atoms with Crippen molar-refractivity contribution in [1.82, 2.24) is 5.06 Å². The molecule has 5 nitrogen and oxygen atoms in total. The minimum atomic E-state index is -4.54. The van der Waals surface area contributed by atoms with Crippen molar-refractivity contribution >= 4 is 11.7 Å². The van der Waals surface area contributed by atoms with E-state index < -0.39 is 17.4 Å². The molecule has 0 fully saturated rings. The number of hydroxylamine groups is 2. The standard InChI is InChI=1S/C9H13F3O2.C7H15NO2/c1-4-14-6-5-7(13)8(2,3)9(10,11)12;1-7(2,3)6(9)8(4)10-5/h5-6H,4H2,1-3H3;1-5H3/b6-5-;. The van der Waals surface area contributed by atoms with Crippen molar-refractivity contribution in [3.63, 3.8) is 0 Å². The Morgan fingerprint density at radius 1 is 1.08 bits per heavy atom. The number of carbonyl (C=O) groups is 2. The summed E-state index contributed by atoms with van der Waals surface area (Å²) in [4.78, 5) is 27.0. The summed E-state index contributed by atoms with van der Waals surface area (Å²) >= 11 is 0. The molecule has 0 spiro atoms. The van der Waals surface area contributed by atoms with Gasteiger partial charge < -0.3 is 4.74 Å². The highest BCUT2D eigenvalue weighted by Gasteiger charge is 2.51. The maximum Gasteiger partial charge on any atom is 0.401 e. The van der Waals surface area contributed by atoms with Gasteiger partial charge in [0.15, 0.2) is 5.78 Å². The van der Waals surface area contributed by atoms with E-state index in [1.54, 1.807) is 14.0 Å². The molecule has 8 heteroatoms. The molecule has 0 N–H and O–H groups in total. The number of hydrogen-bond donors (Lipinski definition) is 0. The molecular weight excluding hydrogens is 327 g/mol. The monoisotopic (exact) mass is 355 g/mol. The predicted molar refractivity (Wildman–Crippen MR) is 84.8 cm³/mol. The van der Waals surface area contributed by atoms with Crippen LogP contribution in [0.25, 0.3) is 0 Å². The van der Waals surface area contributed by atoms with E-state index in [-0.39, 0.29) is 11.3 Å². The molecule has 0 rings (SSSR count). The van der Waals surface area contributed by atoms with Gasteiger partial charge in [-0.1, -0.05) is 20.8 Å². The Labute approximate surface area is 141 Å². The van der Waals surface area contributed by atoms with Gasteiger partial charge in [0.25, 0.3) is 5.91 Å². The van der Waals surface area contributed by atoms with Gasteiger partial charge in [0.1, 0.15) is 5.41 Å². The minimum absolute atomic E-state index is 0.0185. The lowest BCUT2D eigenvalue weighted by Gasteiger charge is -2.24. The number of ether oxygens (including phenoxy) is 1. The number of amides is 1. The lowest BCUT2D eigenvalue weighted by molar-refractivity contribution is -0.207. The molecule has 0 saturated heterocycles. The second-order valence-electron chi connectivity index (χ2n) is 6.48. The quantitative estimate of drug-likeness (QED) is 0.428. The summed E-state index contributed by atoms with van der Waals surface area (Å²) < 4.78 is 41.5. The van der Waals surface area contributed by atoms with Gasteiger partial charge in [-0.25, -0.2) is 5.06 Å². The van der Waals surface area contributed by atoms with Crippen LogP contribution in [-0.4, -0.2) is 43.7 Å². The van der Waals surface area contributed by atoms with Crippen molar-refractivity contribution in [3.8, 4) is 0 Å². The second-order valence-corrected chi connectivity index (χ2v) is 6.48. The number of allylic oxidation sites excluding steroid dienone is 1. The molecule has 142 valence electrons. The highest BCUT2D eigenvalue weighted by molar-refractivity contribution is 5.94. The number of nitrogens with zero attached hydrogens (tertiary/aromatic N) is 1. The maximum absolute atomic E-state index is 12.3. The van der Waals surface area contributed by atoms with Crippen LogP contribution in [0.1, 0.15) is 41.5 Å². The average molecular weight is 355 g/mol. The Bertz CT molecular complexity index is 438. The van der Waals surface area contributed by atoms with E-state index >= 15 is 0 Å². The van der Waals surface area contributed by atoms with Crippen molar-refractivity contribution < 1.29 is 32.3 Å². The summed E-state index contributed by atoms with van der Waals surface area (Å²) in [5, 5.41) is 1.24. The van der Waals surface area contributed by atoms with Gasteiger partial charge in [0.05, 0.1) is 20.0 Å². The van der Waals surface area contributed by atoms with Gasteiger partial charge in [0.2, 0.25) is 0 Å². The van der Waals surface area contributed by atoms with Crippen molar-refractivity contribution in [3.05, 3.63) is 12.3 Å². The molecule has 0 aromatic heterocycles. The zero-order chi connectivity index (χ0) is 19.8. The van der Waals surface area contributed by atoms with Gasteiger partial charge in [-0.05, 0) is 20.8 Å². The largest absolute Gasteiger partial charge is 0.501 e. The smallest absolute Gasteiger partial charge is 0.401 e. The first kappa shape index (κ1) is 24.7. The van der Waals surface area contributed by atoms with E-state index in [2.05, 4.69) is 4.74 Å². The Morgan fingerprint density at radius 2 is 1.54 bits per heavy atom. The summed E-state index contributed by atoms with van der Waals surface area (Å²) in [6, 6.07) is 0. The number of carbonyl (C=O) groups excluding carboxylic acids is 2. The molecule has 0 unspecified atom stereocenters. The Kier molecular flexibility index (Phi) is 9.93. The number of ketones is 1. The fraction of sp³-hybridized carbons (Fsp3) is 0.750. The highest BCUT2D eigenvalue weighted by Crippen LogP contribution is 2.38. The first-order chi connectivity index (χ1) is 10.6. The van der Waals surface area contributed by atoms with Crippen LogP contribution in [0, 0.1) is 10.8 Å². The van der Waals surface area contributed by atoms with E-state index in [0.717, 1.165) is 26.2 Å². The van der Waals surface area contributed by atoms with Gasteiger partial charge in [-0.3, -0.25) is 14.4 Å². The van der Waals surface area contributed by atoms with Gasteiger partial charge in [-0.15, -0.1) is 0 Å². The third-order valence-electron chi connectivity index (χ3n) is 3.01. The van der Waals surface area contributed by atoms with Crippen LogP contribution in [0.15, 0.2) is 12.3 Å². The van der Waals surface area contributed by atoms with Crippen LogP contribution in [0.4, 0.5) is 13.2 Å². The summed E-state index contributed by atoms with van der Waals surface area (Å²) in [6.07, 6.45) is -2.76. The lowest BCUT2D eigenvalue weighted by atomic mass is 9.87. The van der Waals surface area contributed by atoms with Crippen LogP contribution in [-0.2, 0) is 19.2 Å². The van der Waals surface area contributed by atoms with Crippen LogP contribution in [0.3, 0.4) is 0 Å². The third kappa shape index (κ3) is 8.33.